The fraction of sp³-hybridized carbons (Fsp3) is 0.500. The van der Waals surface area contributed by atoms with E-state index in [0.29, 0.717) is 13.0 Å². The lowest BCUT2D eigenvalue weighted by Crippen LogP contribution is -2.24. The molecule has 0 aliphatic carbocycles. The molecule has 0 unspecified atom stereocenters. The van der Waals surface area contributed by atoms with E-state index in [1.54, 1.807) is 11.9 Å². The molecule has 0 bridgehead atoms. The zero-order chi connectivity index (χ0) is 21.1. The molecule has 0 fully saturated rings. The number of hydrogen-bond donors (Lipinski definition) is 2. The van der Waals surface area contributed by atoms with Gasteiger partial charge in [-0.05, 0) is 45.7 Å². The van der Waals surface area contributed by atoms with Gasteiger partial charge in [0.05, 0.1) is 23.3 Å². The highest BCUT2D eigenvalue weighted by Gasteiger charge is 2.19. The van der Waals surface area contributed by atoms with Gasteiger partial charge in [0.15, 0.2) is 0 Å². The van der Waals surface area contributed by atoms with Gasteiger partial charge in [-0.1, -0.05) is 0 Å². The van der Waals surface area contributed by atoms with Gasteiger partial charge in [-0.15, -0.1) is 0 Å². The van der Waals surface area contributed by atoms with Crippen LogP contribution in [-0.4, -0.2) is 53.6 Å². The first-order valence-corrected chi connectivity index (χ1v) is 10.7. The normalized spacial score (nSPS) is 11.5. The molecule has 0 aliphatic heterocycles. The highest BCUT2D eigenvalue weighted by Crippen LogP contribution is 2.22. The third-order valence-corrected chi connectivity index (χ3v) is 5.95. The summed E-state index contributed by atoms with van der Waals surface area (Å²) >= 11 is 0. The molecule has 154 valence electrons. The lowest BCUT2D eigenvalue weighted by Gasteiger charge is -2.21. The van der Waals surface area contributed by atoms with Gasteiger partial charge in [0.1, 0.15) is 11.4 Å². The summed E-state index contributed by atoms with van der Waals surface area (Å²) in [7, 11) is -1.75. The van der Waals surface area contributed by atoms with Crippen LogP contribution in [0.2, 0.25) is 0 Å². The van der Waals surface area contributed by atoms with Crippen LogP contribution in [0.1, 0.15) is 41.2 Å². The molecule has 2 heterocycles. The number of carbonyl (C=O) groups is 1. The van der Waals surface area contributed by atoms with E-state index in [9.17, 15) is 18.3 Å². The molecule has 0 atom stereocenters. The topological polar surface area (TPSA) is 117 Å². The zero-order valence-corrected chi connectivity index (χ0v) is 17.7. The van der Waals surface area contributed by atoms with Crippen LogP contribution in [0.4, 0.5) is 11.5 Å². The maximum Gasteiger partial charge on any atom is 0.339 e. The smallest absolute Gasteiger partial charge is 0.339 e. The summed E-state index contributed by atoms with van der Waals surface area (Å²) in [5, 5.41) is 14.0. The van der Waals surface area contributed by atoms with Crippen LogP contribution in [0.15, 0.2) is 12.3 Å². The van der Waals surface area contributed by atoms with Gasteiger partial charge in [0.2, 0.25) is 10.0 Å². The number of nitrogens with one attached hydrogen (secondary N) is 1. The molecule has 28 heavy (non-hydrogen) atoms. The Hall–Kier alpha value is -2.62. The summed E-state index contributed by atoms with van der Waals surface area (Å²) < 4.78 is 27.7. The first-order chi connectivity index (χ1) is 13.1. The standard InChI is InChI=1S/C18H27N5O4S/c1-6-23-13(4)15(12(3)20-23)8-9-22(5)17-16(18(24)25)10-14(11-19-17)21-28(26,27)7-2/h10-11,21H,6-9H2,1-5H3,(H,24,25). The number of carboxylic acid groups (broad SMARTS) is 1. The van der Waals surface area contributed by atoms with Gasteiger partial charge >= 0.3 is 5.97 Å². The molecule has 2 aromatic rings. The average molecular weight is 410 g/mol. The predicted molar refractivity (Wildman–Crippen MR) is 109 cm³/mol. The number of hydrogen-bond acceptors (Lipinski definition) is 6. The second-order valence-electron chi connectivity index (χ2n) is 6.54. The van der Waals surface area contributed by atoms with Crippen molar-refractivity contribution >= 4 is 27.5 Å². The average Bonchev–Trinajstić information content (AvgIpc) is 2.92. The molecule has 2 aromatic heterocycles. The van der Waals surface area contributed by atoms with E-state index in [0.717, 1.165) is 23.5 Å². The molecule has 0 aliphatic rings. The Morgan fingerprint density at radius 3 is 2.54 bits per heavy atom. The molecular weight excluding hydrogens is 382 g/mol. The summed E-state index contributed by atoms with van der Waals surface area (Å²) in [6.45, 7) is 8.86. The van der Waals surface area contributed by atoms with Crippen molar-refractivity contribution in [1.82, 2.24) is 14.8 Å². The van der Waals surface area contributed by atoms with Crippen molar-refractivity contribution in [1.29, 1.82) is 0 Å². The minimum absolute atomic E-state index is 0.0588. The Balaban J connectivity index is 2.24. The van der Waals surface area contributed by atoms with Crippen molar-refractivity contribution in [2.24, 2.45) is 0 Å². The molecule has 9 nitrogen and oxygen atoms in total. The molecule has 0 aromatic carbocycles. The minimum atomic E-state index is -3.51. The number of sulfonamides is 1. The monoisotopic (exact) mass is 409 g/mol. The van der Waals surface area contributed by atoms with E-state index in [2.05, 4.69) is 14.8 Å². The zero-order valence-electron chi connectivity index (χ0n) is 16.9. The maximum atomic E-state index is 11.7. The van der Waals surface area contributed by atoms with Crippen molar-refractivity contribution in [3.05, 3.63) is 34.8 Å². The second kappa shape index (κ2) is 8.59. The molecule has 2 N–H and O–H groups in total. The van der Waals surface area contributed by atoms with Gasteiger partial charge < -0.3 is 10.0 Å². The summed E-state index contributed by atoms with van der Waals surface area (Å²) in [4.78, 5) is 17.6. The Labute approximate surface area is 165 Å². The molecule has 0 saturated heterocycles. The van der Waals surface area contributed by atoms with E-state index in [4.69, 9.17) is 0 Å². The molecule has 0 amide bonds. The molecule has 10 heteroatoms. The number of anilines is 2. The summed E-state index contributed by atoms with van der Waals surface area (Å²) in [6, 6.07) is 1.29. The van der Waals surface area contributed by atoms with E-state index >= 15 is 0 Å². The number of nitrogens with zero attached hydrogens (tertiary/aromatic N) is 4. The van der Waals surface area contributed by atoms with Crippen LogP contribution in [0, 0.1) is 13.8 Å². The molecular formula is C18H27N5O4S. The quantitative estimate of drug-likeness (QED) is 0.651. The fourth-order valence-electron chi connectivity index (χ4n) is 3.02. The minimum Gasteiger partial charge on any atom is -0.478 e. The molecule has 2 rings (SSSR count). The van der Waals surface area contributed by atoms with Crippen LogP contribution in [-0.2, 0) is 23.0 Å². The van der Waals surface area contributed by atoms with Crippen molar-refractivity contribution in [2.45, 2.75) is 40.7 Å². The van der Waals surface area contributed by atoms with Crippen molar-refractivity contribution in [3.63, 3.8) is 0 Å². The molecule has 0 saturated carbocycles. The maximum absolute atomic E-state index is 11.7. The first kappa shape index (κ1) is 21.7. The predicted octanol–water partition coefficient (Wildman–Crippen LogP) is 2.05. The Kier molecular flexibility index (Phi) is 6.65. The van der Waals surface area contributed by atoms with Crippen LogP contribution >= 0.6 is 0 Å². The number of aryl methyl sites for hydroxylation is 2. The van der Waals surface area contributed by atoms with Crippen molar-refractivity contribution in [2.75, 3.05) is 29.0 Å². The highest BCUT2D eigenvalue weighted by molar-refractivity contribution is 7.92. The summed E-state index contributed by atoms with van der Waals surface area (Å²) in [5.74, 6) is -0.996. The van der Waals surface area contributed by atoms with Crippen molar-refractivity contribution < 1.29 is 18.3 Å². The van der Waals surface area contributed by atoms with Gasteiger partial charge in [0.25, 0.3) is 0 Å². The number of likely N-dealkylation sites (N-methyl/N-ethyl adjacent to an activating group) is 1. The fourth-order valence-corrected chi connectivity index (χ4v) is 3.63. The molecule has 0 radical (unpaired) electrons. The van der Waals surface area contributed by atoms with Gasteiger partial charge in [-0.2, -0.15) is 5.10 Å². The Morgan fingerprint density at radius 1 is 1.32 bits per heavy atom. The van der Waals surface area contributed by atoms with Crippen molar-refractivity contribution in [3.8, 4) is 0 Å². The third-order valence-electron chi connectivity index (χ3n) is 4.64. The third kappa shape index (κ3) is 4.80. The van der Waals surface area contributed by atoms with Crippen LogP contribution < -0.4 is 9.62 Å². The Morgan fingerprint density at radius 2 is 2.00 bits per heavy atom. The summed E-state index contributed by atoms with van der Waals surface area (Å²) in [6.07, 6.45) is 2.02. The van der Waals surface area contributed by atoms with Crippen LogP contribution in [0.5, 0.6) is 0 Å². The largest absolute Gasteiger partial charge is 0.478 e. The second-order valence-corrected chi connectivity index (χ2v) is 8.55. The van der Waals surface area contributed by atoms with E-state index in [1.807, 2.05) is 25.5 Å². The van der Waals surface area contributed by atoms with Crippen LogP contribution in [0.3, 0.4) is 0 Å². The SMILES string of the molecule is CCn1nc(C)c(CCN(C)c2ncc(NS(=O)(=O)CC)cc2C(=O)O)c1C. The van der Waals surface area contributed by atoms with E-state index < -0.39 is 16.0 Å². The summed E-state index contributed by atoms with van der Waals surface area (Å²) in [5.41, 5.74) is 3.27. The van der Waals surface area contributed by atoms with E-state index in [1.165, 1.54) is 19.2 Å². The first-order valence-electron chi connectivity index (χ1n) is 9.07. The number of aromatic nitrogens is 3. The number of pyridine rings is 1. The lowest BCUT2D eigenvalue weighted by molar-refractivity contribution is 0.0697. The van der Waals surface area contributed by atoms with Gasteiger partial charge in [0, 0.05) is 25.8 Å². The lowest BCUT2D eigenvalue weighted by atomic mass is 10.1. The van der Waals surface area contributed by atoms with E-state index in [-0.39, 0.29) is 22.8 Å². The molecule has 0 spiro atoms. The van der Waals surface area contributed by atoms with Crippen LogP contribution in [0.25, 0.3) is 0 Å². The number of rotatable bonds is 9. The van der Waals surface area contributed by atoms with Gasteiger partial charge in [-0.3, -0.25) is 9.40 Å². The number of aromatic carboxylic acids is 1. The number of carboxylic acids is 1. The Bertz CT molecular complexity index is 969. The van der Waals surface area contributed by atoms with Gasteiger partial charge in [-0.25, -0.2) is 18.2 Å². The highest BCUT2D eigenvalue weighted by atomic mass is 32.2.